The van der Waals surface area contributed by atoms with Gasteiger partial charge in [-0.05, 0) is 25.5 Å². The minimum Gasteiger partial charge on any atom is -0.393 e. The van der Waals surface area contributed by atoms with Crippen LogP contribution in [0.3, 0.4) is 0 Å². The van der Waals surface area contributed by atoms with Crippen LogP contribution in [0, 0.1) is 10.1 Å². The summed E-state index contributed by atoms with van der Waals surface area (Å²) < 4.78 is 25.9. The van der Waals surface area contributed by atoms with Gasteiger partial charge >= 0.3 is 0 Å². The Hall–Kier alpha value is -1.71. The van der Waals surface area contributed by atoms with E-state index in [4.69, 9.17) is 0 Å². The van der Waals surface area contributed by atoms with Crippen molar-refractivity contribution >= 4 is 21.4 Å². The van der Waals surface area contributed by atoms with Crippen molar-refractivity contribution in [3.63, 3.8) is 0 Å². The van der Waals surface area contributed by atoms with E-state index in [1.54, 1.807) is 14.0 Å². The molecule has 0 aliphatic carbocycles. The van der Waals surface area contributed by atoms with Gasteiger partial charge in [-0.1, -0.05) is 0 Å². The Labute approximate surface area is 123 Å². The van der Waals surface area contributed by atoms with E-state index in [2.05, 4.69) is 5.32 Å². The molecule has 0 aliphatic heterocycles. The number of rotatable bonds is 7. The molecule has 0 saturated heterocycles. The van der Waals surface area contributed by atoms with Gasteiger partial charge in [0.25, 0.3) is 5.69 Å². The van der Waals surface area contributed by atoms with Gasteiger partial charge in [-0.15, -0.1) is 0 Å². The van der Waals surface area contributed by atoms with E-state index < -0.39 is 26.7 Å². The number of aliphatic hydroxyl groups excluding tert-OH is 1. The first-order chi connectivity index (χ1) is 9.70. The monoisotopic (exact) mass is 317 g/mol. The lowest BCUT2D eigenvalue weighted by molar-refractivity contribution is -0.387. The molecule has 1 atom stereocenters. The third-order valence-electron chi connectivity index (χ3n) is 3.00. The van der Waals surface area contributed by atoms with Crippen LogP contribution >= 0.6 is 0 Å². The van der Waals surface area contributed by atoms with E-state index in [9.17, 15) is 23.6 Å². The van der Waals surface area contributed by atoms with Gasteiger partial charge in [-0.25, -0.2) is 12.7 Å². The molecule has 118 valence electrons. The van der Waals surface area contributed by atoms with Gasteiger partial charge < -0.3 is 10.4 Å². The molecule has 1 rings (SSSR count). The van der Waals surface area contributed by atoms with E-state index in [1.165, 1.54) is 19.2 Å². The Bertz CT molecular complexity index is 615. The standard InChI is InChI=1S/C12H19N3O5S/c1-9(16)6-7-14(3)21(19,20)12-8-10(13-2)4-5-11(12)15(17)18/h4-5,8-9,13,16H,6-7H2,1-3H3. The number of nitro groups is 1. The maximum atomic E-state index is 12.5. The van der Waals surface area contributed by atoms with Gasteiger partial charge in [0.15, 0.2) is 4.90 Å². The van der Waals surface area contributed by atoms with E-state index in [1.807, 2.05) is 0 Å². The highest BCUT2D eigenvalue weighted by atomic mass is 32.2. The lowest BCUT2D eigenvalue weighted by Crippen LogP contribution is -2.30. The Morgan fingerprint density at radius 2 is 2.10 bits per heavy atom. The third kappa shape index (κ3) is 4.13. The largest absolute Gasteiger partial charge is 0.393 e. The summed E-state index contributed by atoms with van der Waals surface area (Å²) in [7, 11) is -1.08. The van der Waals surface area contributed by atoms with Gasteiger partial charge in [0.05, 0.1) is 11.0 Å². The number of hydrogen-bond donors (Lipinski definition) is 2. The van der Waals surface area contributed by atoms with Crippen molar-refractivity contribution < 1.29 is 18.4 Å². The van der Waals surface area contributed by atoms with E-state index in [0.29, 0.717) is 5.69 Å². The van der Waals surface area contributed by atoms with Crippen molar-refractivity contribution in [1.82, 2.24) is 4.31 Å². The minimum atomic E-state index is -4.00. The smallest absolute Gasteiger partial charge is 0.289 e. The summed E-state index contributed by atoms with van der Waals surface area (Å²) in [5.41, 5.74) is -0.0130. The number of nitro benzene ring substituents is 1. The molecule has 0 bridgehead atoms. The number of hydrogen-bond acceptors (Lipinski definition) is 6. The summed E-state index contributed by atoms with van der Waals surface area (Å²) in [6.07, 6.45) is -0.406. The SMILES string of the molecule is CNc1ccc([N+](=O)[O-])c(S(=O)(=O)N(C)CCC(C)O)c1. The van der Waals surface area contributed by atoms with Crippen LogP contribution in [0.15, 0.2) is 23.1 Å². The molecule has 21 heavy (non-hydrogen) atoms. The highest BCUT2D eigenvalue weighted by Crippen LogP contribution is 2.29. The molecule has 0 amide bonds. The second-order valence-corrected chi connectivity index (χ2v) is 6.67. The minimum absolute atomic E-state index is 0.0704. The fourth-order valence-electron chi connectivity index (χ4n) is 1.68. The third-order valence-corrected chi connectivity index (χ3v) is 4.88. The second kappa shape index (κ2) is 6.83. The summed E-state index contributed by atoms with van der Waals surface area (Å²) in [4.78, 5) is 9.92. The van der Waals surface area contributed by atoms with Crippen LogP contribution < -0.4 is 5.32 Å². The van der Waals surface area contributed by atoms with Gasteiger partial charge in [-0.2, -0.15) is 0 Å². The molecule has 2 N–H and O–H groups in total. The molecule has 1 aromatic carbocycles. The normalized spacial score (nSPS) is 13.2. The fraction of sp³-hybridized carbons (Fsp3) is 0.500. The lowest BCUT2D eigenvalue weighted by Gasteiger charge is -2.18. The molecular weight excluding hydrogens is 298 g/mol. The average molecular weight is 317 g/mol. The predicted molar refractivity (Wildman–Crippen MR) is 78.8 cm³/mol. The molecule has 1 aromatic rings. The molecule has 0 saturated carbocycles. The van der Waals surface area contributed by atoms with Crippen molar-refractivity contribution in [2.45, 2.75) is 24.3 Å². The first-order valence-electron chi connectivity index (χ1n) is 6.30. The molecule has 0 aliphatic rings. The zero-order chi connectivity index (χ0) is 16.2. The number of aliphatic hydroxyl groups is 1. The Kier molecular flexibility index (Phi) is 5.64. The molecule has 0 radical (unpaired) electrons. The van der Waals surface area contributed by atoms with Gasteiger partial charge in [-0.3, -0.25) is 10.1 Å². The number of sulfonamides is 1. The van der Waals surface area contributed by atoms with Crippen LogP contribution in [0.4, 0.5) is 11.4 Å². The average Bonchev–Trinajstić information content (AvgIpc) is 2.43. The molecule has 1 unspecified atom stereocenters. The van der Waals surface area contributed by atoms with Crippen LogP contribution in [0.25, 0.3) is 0 Å². The highest BCUT2D eigenvalue weighted by molar-refractivity contribution is 7.89. The first-order valence-corrected chi connectivity index (χ1v) is 7.74. The van der Waals surface area contributed by atoms with Crippen LogP contribution in [0.1, 0.15) is 13.3 Å². The Morgan fingerprint density at radius 3 is 2.57 bits per heavy atom. The summed E-state index contributed by atoms with van der Waals surface area (Å²) in [6.45, 7) is 1.62. The number of nitrogens with zero attached hydrogens (tertiary/aromatic N) is 2. The van der Waals surface area contributed by atoms with E-state index in [-0.39, 0.29) is 17.9 Å². The fourth-order valence-corrected chi connectivity index (χ4v) is 3.05. The zero-order valence-electron chi connectivity index (χ0n) is 12.1. The molecule has 0 heterocycles. The lowest BCUT2D eigenvalue weighted by atomic mass is 10.3. The van der Waals surface area contributed by atoms with Crippen LogP contribution in [-0.2, 0) is 10.0 Å². The number of benzene rings is 1. The summed E-state index contributed by atoms with van der Waals surface area (Å²) in [5.74, 6) is 0. The molecule has 0 aromatic heterocycles. The molecule has 0 spiro atoms. The van der Waals surface area contributed by atoms with Crippen molar-refractivity contribution in [2.75, 3.05) is 26.0 Å². The first kappa shape index (κ1) is 17.3. The molecule has 0 fully saturated rings. The van der Waals surface area contributed by atoms with E-state index >= 15 is 0 Å². The van der Waals surface area contributed by atoms with Crippen LogP contribution in [0.2, 0.25) is 0 Å². The van der Waals surface area contributed by atoms with Crippen molar-refractivity contribution in [2.24, 2.45) is 0 Å². The maximum absolute atomic E-state index is 12.5. The Morgan fingerprint density at radius 1 is 1.48 bits per heavy atom. The predicted octanol–water partition coefficient (Wildman–Crippen LogP) is 1.03. The number of nitrogens with one attached hydrogen (secondary N) is 1. The topological polar surface area (TPSA) is 113 Å². The Balaban J connectivity index is 3.25. The van der Waals surface area contributed by atoms with Crippen molar-refractivity contribution in [3.05, 3.63) is 28.3 Å². The summed E-state index contributed by atoms with van der Waals surface area (Å²) >= 11 is 0. The summed E-state index contributed by atoms with van der Waals surface area (Å²) in [5, 5.41) is 23.0. The quantitative estimate of drug-likeness (QED) is 0.573. The summed E-state index contributed by atoms with van der Waals surface area (Å²) in [6, 6.07) is 3.82. The number of anilines is 1. The van der Waals surface area contributed by atoms with Gasteiger partial charge in [0, 0.05) is 32.4 Å². The van der Waals surface area contributed by atoms with Gasteiger partial charge in [0.1, 0.15) is 0 Å². The van der Waals surface area contributed by atoms with Gasteiger partial charge in [0.2, 0.25) is 10.0 Å². The molecular formula is C12H19N3O5S. The molecule has 9 heteroatoms. The van der Waals surface area contributed by atoms with Crippen molar-refractivity contribution in [3.8, 4) is 0 Å². The van der Waals surface area contributed by atoms with E-state index in [0.717, 1.165) is 10.4 Å². The van der Waals surface area contributed by atoms with Crippen LogP contribution in [-0.4, -0.2) is 49.5 Å². The van der Waals surface area contributed by atoms with Crippen molar-refractivity contribution in [1.29, 1.82) is 0 Å². The zero-order valence-corrected chi connectivity index (χ0v) is 12.9. The van der Waals surface area contributed by atoms with Crippen LogP contribution in [0.5, 0.6) is 0 Å². The highest BCUT2D eigenvalue weighted by Gasteiger charge is 2.29. The maximum Gasteiger partial charge on any atom is 0.289 e. The molecule has 8 nitrogen and oxygen atoms in total. The second-order valence-electron chi connectivity index (χ2n) is 4.65.